The van der Waals surface area contributed by atoms with Crippen molar-refractivity contribution in [2.45, 2.75) is 17.9 Å². The molecule has 0 spiro atoms. The molecule has 104 valence electrons. The van der Waals surface area contributed by atoms with Crippen LogP contribution in [0.2, 0.25) is 0 Å². The smallest absolute Gasteiger partial charge is 0.319 e. The van der Waals surface area contributed by atoms with Gasteiger partial charge in [-0.3, -0.25) is 9.69 Å². The van der Waals surface area contributed by atoms with Crippen LogP contribution in [-0.4, -0.2) is 39.5 Å². The minimum absolute atomic E-state index is 0.120. The standard InChI is InChI=1S/C12H14ClNO4S/c1-18-12(15)8-14-5-4-9-6-11(19(13,16)17)3-2-10(9)7-14/h2-3,6H,4-5,7-8H2,1H3. The minimum atomic E-state index is -3.69. The molecule has 0 N–H and O–H groups in total. The molecular formula is C12H14ClNO4S. The highest BCUT2D eigenvalue weighted by Gasteiger charge is 2.20. The van der Waals surface area contributed by atoms with Gasteiger partial charge in [-0.25, -0.2) is 8.42 Å². The van der Waals surface area contributed by atoms with Crippen molar-refractivity contribution < 1.29 is 17.9 Å². The van der Waals surface area contributed by atoms with Crippen molar-refractivity contribution in [3.05, 3.63) is 29.3 Å². The van der Waals surface area contributed by atoms with Gasteiger partial charge >= 0.3 is 5.97 Å². The third-order valence-corrected chi connectivity index (χ3v) is 4.48. The molecule has 1 aliphatic heterocycles. The highest BCUT2D eigenvalue weighted by Crippen LogP contribution is 2.24. The van der Waals surface area contributed by atoms with Crippen LogP contribution >= 0.6 is 10.7 Å². The second-order valence-electron chi connectivity index (χ2n) is 4.41. The Labute approximate surface area is 116 Å². The molecule has 0 saturated carbocycles. The molecule has 0 fully saturated rings. The molecule has 1 aromatic rings. The third kappa shape index (κ3) is 3.46. The summed E-state index contributed by atoms with van der Waals surface area (Å²) in [5, 5.41) is 0. The zero-order valence-electron chi connectivity index (χ0n) is 10.4. The van der Waals surface area contributed by atoms with Crippen LogP contribution < -0.4 is 0 Å². The zero-order chi connectivity index (χ0) is 14.0. The van der Waals surface area contributed by atoms with E-state index >= 15 is 0 Å². The summed E-state index contributed by atoms with van der Waals surface area (Å²) in [7, 11) is 2.99. The molecule has 0 saturated heterocycles. The quantitative estimate of drug-likeness (QED) is 0.619. The van der Waals surface area contributed by atoms with E-state index < -0.39 is 9.05 Å². The summed E-state index contributed by atoms with van der Waals surface area (Å²) in [5.74, 6) is -0.275. The van der Waals surface area contributed by atoms with E-state index in [4.69, 9.17) is 10.7 Å². The van der Waals surface area contributed by atoms with Gasteiger partial charge in [0.15, 0.2) is 0 Å². The Morgan fingerprint density at radius 2 is 2.16 bits per heavy atom. The molecule has 0 unspecified atom stereocenters. The summed E-state index contributed by atoms with van der Waals surface area (Å²) in [6.45, 7) is 1.53. The van der Waals surface area contributed by atoms with E-state index in [1.165, 1.54) is 13.2 Å². The van der Waals surface area contributed by atoms with E-state index in [-0.39, 0.29) is 17.4 Å². The number of fused-ring (bicyclic) bond motifs is 1. The second kappa shape index (κ2) is 5.48. The maximum absolute atomic E-state index is 11.3. The van der Waals surface area contributed by atoms with Gasteiger partial charge in [-0.15, -0.1) is 0 Å². The largest absolute Gasteiger partial charge is 0.468 e. The Kier molecular flexibility index (Phi) is 4.13. The number of carbonyl (C=O) groups is 1. The molecule has 1 aliphatic rings. The van der Waals surface area contributed by atoms with E-state index in [0.29, 0.717) is 19.5 Å². The maximum Gasteiger partial charge on any atom is 0.319 e. The summed E-state index contributed by atoms with van der Waals surface area (Å²) in [6.07, 6.45) is 0.687. The number of ether oxygens (including phenoxy) is 1. The fourth-order valence-electron chi connectivity index (χ4n) is 2.12. The van der Waals surface area contributed by atoms with Crippen molar-refractivity contribution in [2.75, 3.05) is 20.2 Å². The molecule has 2 rings (SSSR count). The Morgan fingerprint density at radius 3 is 2.79 bits per heavy atom. The van der Waals surface area contributed by atoms with Crippen LogP contribution in [0.25, 0.3) is 0 Å². The van der Waals surface area contributed by atoms with E-state index in [9.17, 15) is 13.2 Å². The lowest BCUT2D eigenvalue weighted by Crippen LogP contribution is -2.35. The van der Waals surface area contributed by atoms with Crippen LogP contribution in [0.4, 0.5) is 0 Å². The summed E-state index contributed by atoms with van der Waals surface area (Å²) in [6, 6.07) is 4.84. The molecule has 0 amide bonds. The van der Waals surface area contributed by atoms with Crippen LogP contribution in [0.3, 0.4) is 0 Å². The first-order valence-corrected chi connectivity index (χ1v) is 8.06. The van der Waals surface area contributed by atoms with E-state index in [2.05, 4.69) is 4.74 Å². The third-order valence-electron chi connectivity index (χ3n) is 3.13. The molecule has 0 aliphatic carbocycles. The van der Waals surface area contributed by atoms with Crippen molar-refractivity contribution >= 4 is 25.7 Å². The normalized spacial score (nSPS) is 15.9. The number of methoxy groups -OCH3 is 1. The Bertz CT molecular complexity index is 600. The van der Waals surface area contributed by atoms with Crippen molar-refractivity contribution in [1.29, 1.82) is 0 Å². The van der Waals surface area contributed by atoms with Crippen LogP contribution in [0.1, 0.15) is 11.1 Å². The first kappa shape index (κ1) is 14.3. The molecule has 1 aromatic carbocycles. The fourth-order valence-corrected chi connectivity index (χ4v) is 2.92. The number of halogens is 1. The van der Waals surface area contributed by atoms with Gasteiger partial charge in [-0.2, -0.15) is 0 Å². The van der Waals surface area contributed by atoms with Gasteiger partial charge < -0.3 is 4.74 Å². The SMILES string of the molecule is COC(=O)CN1CCc2cc(S(=O)(=O)Cl)ccc2C1. The molecule has 0 radical (unpaired) electrons. The fraction of sp³-hybridized carbons (Fsp3) is 0.417. The Balaban J connectivity index is 2.17. The van der Waals surface area contributed by atoms with Crippen molar-refractivity contribution in [2.24, 2.45) is 0 Å². The predicted molar refractivity (Wildman–Crippen MR) is 70.5 cm³/mol. The number of rotatable bonds is 3. The van der Waals surface area contributed by atoms with Gasteiger partial charge in [0.25, 0.3) is 9.05 Å². The van der Waals surface area contributed by atoms with E-state index in [1.807, 2.05) is 4.90 Å². The molecule has 1 heterocycles. The van der Waals surface area contributed by atoms with E-state index in [0.717, 1.165) is 11.1 Å². The monoisotopic (exact) mass is 303 g/mol. The van der Waals surface area contributed by atoms with Gasteiger partial charge in [0, 0.05) is 23.8 Å². The molecule has 5 nitrogen and oxygen atoms in total. The lowest BCUT2D eigenvalue weighted by atomic mass is 10.00. The second-order valence-corrected chi connectivity index (χ2v) is 6.97. The summed E-state index contributed by atoms with van der Waals surface area (Å²) < 4.78 is 27.1. The van der Waals surface area contributed by atoms with Crippen LogP contribution in [0.15, 0.2) is 23.1 Å². The summed E-state index contributed by atoms with van der Waals surface area (Å²) >= 11 is 0. The Hall–Kier alpha value is -1.11. The highest BCUT2D eigenvalue weighted by atomic mass is 35.7. The average molecular weight is 304 g/mol. The lowest BCUT2D eigenvalue weighted by Gasteiger charge is -2.27. The number of nitrogens with zero attached hydrogens (tertiary/aromatic N) is 1. The van der Waals surface area contributed by atoms with Crippen LogP contribution in [0.5, 0.6) is 0 Å². The molecule has 0 atom stereocenters. The number of hydrogen-bond donors (Lipinski definition) is 0. The lowest BCUT2D eigenvalue weighted by molar-refractivity contribution is -0.142. The summed E-state index contributed by atoms with van der Waals surface area (Å²) in [5.41, 5.74) is 1.97. The zero-order valence-corrected chi connectivity index (χ0v) is 12.0. The molecule has 0 bridgehead atoms. The highest BCUT2D eigenvalue weighted by molar-refractivity contribution is 8.13. The molecule has 7 heteroatoms. The molecule has 19 heavy (non-hydrogen) atoms. The number of benzene rings is 1. The van der Waals surface area contributed by atoms with Gasteiger partial charge in [-0.1, -0.05) is 6.07 Å². The predicted octanol–water partition coefficient (Wildman–Crippen LogP) is 1.15. The number of hydrogen-bond acceptors (Lipinski definition) is 5. The van der Waals surface area contributed by atoms with Crippen molar-refractivity contribution in [3.8, 4) is 0 Å². The van der Waals surface area contributed by atoms with Gasteiger partial charge in [0.2, 0.25) is 0 Å². The summed E-state index contributed by atoms with van der Waals surface area (Å²) in [4.78, 5) is 13.3. The van der Waals surface area contributed by atoms with Crippen molar-refractivity contribution in [3.63, 3.8) is 0 Å². The first-order valence-electron chi connectivity index (χ1n) is 5.76. The number of carbonyl (C=O) groups excluding carboxylic acids is 1. The topological polar surface area (TPSA) is 63.7 Å². The van der Waals surface area contributed by atoms with Gasteiger partial charge in [0.1, 0.15) is 0 Å². The van der Waals surface area contributed by atoms with Gasteiger partial charge in [0.05, 0.1) is 18.6 Å². The number of esters is 1. The average Bonchev–Trinajstić information content (AvgIpc) is 2.36. The Morgan fingerprint density at radius 1 is 1.42 bits per heavy atom. The molecular weight excluding hydrogens is 290 g/mol. The minimum Gasteiger partial charge on any atom is -0.468 e. The van der Waals surface area contributed by atoms with Crippen molar-refractivity contribution in [1.82, 2.24) is 4.90 Å². The van der Waals surface area contributed by atoms with Crippen LogP contribution in [0, 0.1) is 0 Å². The van der Waals surface area contributed by atoms with Crippen LogP contribution in [-0.2, 0) is 31.5 Å². The maximum atomic E-state index is 11.3. The van der Waals surface area contributed by atoms with E-state index in [1.54, 1.807) is 12.1 Å². The molecule has 0 aromatic heterocycles. The first-order chi connectivity index (χ1) is 8.90. The van der Waals surface area contributed by atoms with Gasteiger partial charge in [-0.05, 0) is 29.7 Å².